The van der Waals surface area contributed by atoms with Crippen LogP contribution in [-0.2, 0) is 20.2 Å². The molecule has 0 fully saturated rings. The topological polar surface area (TPSA) is 161 Å². The fourth-order valence-corrected chi connectivity index (χ4v) is 6.49. The van der Waals surface area contributed by atoms with Gasteiger partial charge >= 0.3 is 0 Å². The molecule has 5 rings (SSSR count). The number of benzene rings is 4. The predicted octanol–water partition coefficient (Wildman–Crippen LogP) is 5.16. The van der Waals surface area contributed by atoms with Crippen molar-refractivity contribution >= 4 is 27.3 Å². The van der Waals surface area contributed by atoms with Crippen molar-refractivity contribution in [2.24, 2.45) is 21.8 Å². The molecule has 11 heteroatoms. The second kappa shape index (κ2) is 11.0. The standard InChI is InChI=1S/C31H27FN4O5S/c1-31(24-11-9-19(10-12-24)22-3-2-4-23(17-22)30(34)36-38)18-27(42(39,40)26-15-13-25(32)14-16-26)28(41-31)20-5-7-21(8-6-20)29(33)35-37/h2-17,37-38H,18H2,1H3,(H2,33,35)(H2,34,36). The molecule has 42 heavy (non-hydrogen) atoms. The monoisotopic (exact) mass is 586 g/mol. The van der Waals surface area contributed by atoms with Crippen molar-refractivity contribution < 1.29 is 28.0 Å². The smallest absolute Gasteiger partial charge is 0.206 e. The Labute approximate surface area is 241 Å². The Morgan fingerprint density at radius 2 is 1.40 bits per heavy atom. The van der Waals surface area contributed by atoms with E-state index in [2.05, 4.69) is 10.3 Å². The highest BCUT2D eigenvalue weighted by molar-refractivity contribution is 7.95. The Bertz CT molecular complexity index is 1840. The first-order chi connectivity index (χ1) is 20.1. The highest BCUT2D eigenvalue weighted by atomic mass is 32.2. The summed E-state index contributed by atoms with van der Waals surface area (Å²) in [7, 11) is -4.07. The molecule has 1 aliphatic rings. The third-order valence-corrected chi connectivity index (χ3v) is 9.04. The lowest BCUT2D eigenvalue weighted by Gasteiger charge is -2.26. The van der Waals surface area contributed by atoms with Crippen LogP contribution < -0.4 is 11.5 Å². The van der Waals surface area contributed by atoms with Crippen molar-refractivity contribution in [2.45, 2.75) is 23.8 Å². The lowest BCUT2D eigenvalue weighted by atomic mass is 9.91. The van der Waals surface area contributed by atoms with Crippen molar-refractivity contribution in [1.82, 2.24) is 0 Å². The molecule has 1 unspecified atom stereocenters. The Balaban J connectivity index is 1.54. The van der Waals surface area contributed by atoms with Gasteiger partial charge in [0.1, 0.15) is 17.2 Å². The van der Waals surface area contributed by atoms with Gasteiger partial charge < -0.3 is 26.6 Å². The van der Waals surface area contributed by atoms with Crippen molar-refractivity contribution in [1.29, 1.82) is 0 Å². The van der Waals surface area contributed by atoms with Crippen LogP contribution in [0.25, 0.3) is 16.9 Å². The molecule has 0 radical (unpaired) electrons. The summed E-state index contributed by atoms with van der Waals surface area (Å²) in [5.41, 5.74) is 14.3. The number of sulfone groups is 1. The number of nitrogens with zero attached hydrogens (tertiary/aromatic N) is 2. The van der Waals surface area contributed by atoms with Crippen LogP contribution in [0.2, 0.25) is 0 Å². The first-order valence-electron chi connectivity index (χ1n) is 12.8. The van der Waals surface area contributed by atoms with Gasteiger partial charge in [0, 0.05) is 23.1 Å². The van der Waals surface area contributed by atoms with E-state index in [0.717, 1.165) is 28.8 Å². The number of ether oxygens (including phenoxy) is 1. The Morgan fingerprint density at radius 3 is 2.02 bits per heavy atom. The quantitative estimate of drug-likeness (QED) is 0.0765. The molecule has 4 aromatic rings. The number of nitrogens with two attached hydrogens (primary N) is 2. The van der Waals surface area contributed by atoms with Gasteiger partial charge in [-0.05, 0) is 53.9 Å². The van der Waals surface area contributed by atoms with E-state index >= 15 is 0 Å². The van der Waals surface area contributed by atoms with E-state index in [9.17, 15) is 12.8 Å². The number of amidine groups is 2. The average Bonchev–Trinajstić information content (AvgIpc) is 3.40. The number of oxime groups is 2. The van der Waals surface area contributed by atoms with Crippen molar-refractivity contribution in [3.8, 4) is 11.1 Å². The van der Waals surface area contributed by atoms with E-state index in [1.807, 2.05) is 30.3 Å². The zero-order valence-corrected chi connectivity index (χ0v) is 23.2. The van der Waals surface area contributed by atoms with E-state index in [4.69, 9.17) is 26.6 Å². The molecule has 0 spiro atoms. The van der Waals surface area contributed by atoms with Crippen LogP contribution in [-0.4, -0.2) is 30.5 Å². The molecule has 1 atom stereocenters. The first-order valence-corrected chi connectivity index (χ1v) is 14.2. The number of hydrogen-bond acceptors (Lipinski definition) is 7. The van der Waals surface area contributed by atoms with Gasteiger partial charge in [0.2, 0.25) is 9.84 Å². The Kier molecular flexibility index (Phi) is 7.44. The fraction of sp³-hybridized carbons (Fsp3) is 0.0968. The zero-order chi connectivity index (χ0) is 30.1. The number of hydrogen-bond donors (Lipinski definition) is 4. The molecule has 0 aliphatic carbocycles. The van der Waals surface area contributed by atoms with Crippen molar-refractivity contribution in [3.05, 3.63) is 130 Å². The summed E-state index contributed by atoms with van der Waals surface area (Å²) < 4.78 is 47.8. The maximum Gasteiger partial charge on any atom is 0.206 e. The normalized spacial score (nSPS) is 17.8. The average molecular weight is 587 g/mol. The van der Waals surface area contributed by atoms with E-state index in [1.54, 1.807) is 49.4 Å². The second-order valence-electron chi connectivity index (χ2n) is 9.93. The summed E-state index contributed by atoms with van der Waals surface area (Å²) in [6.45, 7) is 1.80. The molecule has 0 aromatic heterocycles. The highest BCUT2D eigenvalue weighted by Gasteiger charge is 2.44. The van der Waals surface area contributed by atoms with Crippen molar-refractivity contribution in [3.63, 3.8) is 0 Å². The molecular weight excluding hydrogens is 559 g/mol. The van der Waals surface area contributed by atoms with Crippen LogP contribution in [0.5, 0.6) is 0 Å². The van der Waals surface area contributed by atoms with Gasteiger partial charge in [-0.3, -0.25) is 0 Å². The van der Waals surface area contributed by atoms with Crippen LogP contribution >= 0.6 is 0 Å². The first kappa shape index (κ1) is 28.4. The van der Waals surface area contributed by atoms with Crippen LogP contribution in [0.4, 0.5) is 4.39 Å². The lowest BCUT2D eigenvalue weighted by Crippen LogP contribution is -2.21. The van der Waals surface area contributed by atoms with Gasteiger partial charge in [-0.2, -0.15) is 0 Å². The summed E-state index contributed by atoms with van der Waals surface area (Å²) in [5.74, 6) is -0.494. The highest BCUT2D eigenvalue weighted by Crippen LogP contribution is 2.48. The summed E-state index contributed by atoms with van der Waals surface area (Å²) in [5, 5.41) is 24.1. The summed E-state index contributed by atoms with van der Waals surface area (Å²) in [6.07, 6.45) is 0.0162. The molecule has 0 amide bonds. The molecule has 0 saturated heterocycles. The number of rotatable bonds is 7. The van der Waals surface area contributed by atoms with Gasteiger partial charge in [-0.15, -0.1) is 0 Å². The van der Waals surface area contributed by atoms with E-state index < -0.39 is 21.3 Å². The van der Waals surface area contributed by atoms with Gasteiger partial charge in [0.25, 0.3) is 0 Å². The fourth-order valence-electron chi connectivity index (χ4n) is 4.84. The van der Waals surface area contributed by atoms with E-state index in [0.29, 0.717) is 16.7 Å². The lowest BCUT2D eigenvalue weighted by molar-refractivity contribution is 0.0777. The minimum atomic E-state index is -4.07. The summed E-state index contributed by atoms with van der Waals surface area (Å²) in [6, 6.07) is 25.8. The van der Waals surface area contributed by atoms with Crippen LogP contribution in [0.15, 0.2) is 117 Å². The summed E-state index contributed by atoms with van der Waals surface area (Å²) in [4.78, 5) is -0.0119. The minimum Gasteiger partial charge on any atom is -0.481 e. The predicted molar refractivity (Wildman–Crippen MR) is 157 cm³/mol. The largest absolute Gasteiger partial charge is 0.481 e. The molecule has 6 N–H and O–H groups in total. The second-order valence-corrected chi connectivity index (χ2v) is 11.9. The van der Waals surface area contributed by atoms with Crippen LogP contribution in [0.1, 0.15) is 35.6 Å². The summed E-state index contributed by atoms with van der Waals surface area (Å²) >= 11 is 0. The van der Waals surface area contributed by atoms with Gasteiger partial charge in [-0.1, -0.05) is 77.0 Å². The van der Waals surface area contributed by atoms with Gasteiger partial charge in [-0.25, -0.2) is 12.8 Å². The molecule has 214 valence electrons. The van der Waals surface area contributed by atoms with E-state index in [1.165, 1.54) is 12.1 Å². The van der Waals surface area contributed by atoms with Crippen LogP contribution in [0.3, 0.4) is 0 Å². The zero-order valence-electron chi connectivity index (χ0n) is 22.4. The molecule has 4 aromatic carbocycles. The third-order valence-electron chi connectivity index (χ3n) is 7.17. The molecule has 0 saturated carbocycles. The molecule has 1 aliphatic heterocycles. The SMILES string of the molecule is CC1(c2ccc(-c3cccc(/C(N)=N\O)c3)cc2)CC(S(=O)(=O)c2ccc(F)cc2)=C(c2ccc(/C(N)=N\O)cc2)O1. The van der Waals surface area contributed by atoms with E-state index in [-0.39, 0.29) is 33.7 Å². The molecule has 1 heterocycles. The van der Waals surface area contributed by atoms with Gasteiger partial charge in [0.15, 0.2) is 11.7 Å². The third kappa shape index (κ3) is 5.29. The maximum atomic E-state index is 13.9. The van der Waals surface area contributed by atoms with Crippen LogP contribution in [0, 0.1) is 5.82 Å². The molecule has 0 bridgehead atoms. The maximum absolute atomic E-state index is 13.9. The minimum absolute atomic E-state index is 0.00630. The molecule has 9 nitrogen and oxygen atoms in total. The number of halogens is 1. The Morgan fingerprint density at radius 1 is 0.810 bits per heavy atom. The van der Waals surface area contributed by atoms with Crippen molar-refractivity contribution in [2.75, 3.05) is 0 Å². The van der Waals surface area contributed by atoms with Gasteiger partial charge in [0.05, 0.1) is 9.80 Å². The Hall–Kier alpha value is -5.16. The molecular formula is C31H27FN4O5S.